The Kier molecular flexibility index (Phi) is 6.25. The summed E-state index contributed by atoms with van der Waals surface area (Å²) in [6.45, 7) is 10.5. The molecule has 1 heterocycles. The van der Waals surface area contributed by atoms with Gasteiger partial charge in [0.05, 0.1) is 0 Å². The normalized spacial score (nSPS) is 11.4. The Bertz CT molecular complexity index is 703. The molecule has 0 bridgehead atoms. The monoisotopic (exact) mass is 338 g/mol. The first-order chi connectivity index (χ1) is 10.3. The van der Waals surface area contributed by atoms with E-state index in [1.807, 2.05) is 40.7 Å². The predicted molar refractivity (Wildman–Crippen MR) is 97.5 cm³/mol. The van der Waals surface area contributed by atoms with Gasteiger partial charge in [0.2, 0.25) is 0 Å². The minimum Gasteiger partial charge on any atom is -0.450 e. The Morgan fingerprint density at radius 1 is 1.17 bits per heavy atom. The van der Waals surface area contributed by atoms with Crippen LogP contribution in [0.15, 0.2) is 16.5 Å². The van der Waals surface area contributed by atoms with Crippen LogP contribution in [0.25, 0.3) is 11.0 Å². The van der Waals surface area contributed by atoms with Gasteiger partial charge in [-0.2, -0.15) is 0 Å². The fraction of sp³-hybridized carbons (Fsp3) is 0.500. The number of halogens is 1. The van der Waals surface area contributed by atoms with Crippen molar-refractivity contribution in [1.29, 1.82) is 0 Å². The van der Waals surface area contributed by atoms with Crippen molar-refractivity contribution in [2.75, 3.05) is 6.54 Å². The van der Waals surface area contributed by atoms with Gasteiger partial charge in [0, 0.05) is 23.0 Å². The van der Waals surface area contributed by atoms with Crippen molar-refractivity contribution in [3.05, 3.63) is 34.6 Å². The van der Waals surface area contributed by atoms with Crippen LogP contribution in [0.4, 0.5) is 0 Å². The third-order valence-corrected chi connectivity index (χ3v) is 4.70. The van der Waals surface area contributed by atoms with Crippen LogP contribution in [0.2, 0.25) is 0 Å². The second kappa shape index (κ2) is 7.37. The van der Waals surface area contributed by atoms with Crippen molar-refractivity contribution in [2.24, 2.45) is 5.73 Å². The maximum absolute atomic E-state index is 12.5. The van der Waals surface area contributed by atoms with E-state index in [0.717, 1.165) is 40.5 Å². The molecule has 0 fully saturated rings. The van der Waals surface area contributed by atoms with Crippen LogP contribution < -0.4 is 11.1 Å². The zero-order valence-electron chi connectivity index (χ0n) is 14.6. The topological polar surface area (TPSA) is 68.3 Å². The highest BCUT2D eigenvalue weighted by Crippen LogP contribution is 2.30. The molecular formula is C18H27ClN2O2. The number of rotatable bonds is 5. The minimum absolute atomic E-state index is 0. The van der Waals surface area contributed by atoms with Gasteiger partial charge in [0.1, 0.15) is 5.58 Å². The van der Waals surface area contributed by atoms with Gasteiger partial charge < -0.3 is 15.5 Å². The number of hydrogen-bond donors (Lipinski definition) is 2. The summed E-state index contributed by atoms with van der Waals surface area (Å²) in [5, 5.41) is 3.96. The highest BCUT2D eigenvalue weighted by molar-refractivity contribution is 6.00. The number of nitrogens with one attached hydrogen (secondary N) is 1. The number of benzene rings is 1. The number of hydrogen-bond acceptors (Lipinski definition) is 3. The van der Waals surface area contributed by atoms with E-state index in [1.54, 1.807) is 0 Å². The molecule has 0 aliphatic carbocycles. The molecule has 2 aromatic rings. The lowest BCUT2D eigenvalue weighted by molar-refractivity contribution is 0.0915. The molecule has 0 radical (unpaired) electrons. The van der Waals surface area contributed by atoms with E-state index < -0.39 is 0 Å². The average Bonchev–Trinajstić information content (AvgIpc) is 2.87. The third-order valence-electron chi connectivity index (χ3n) is 4.70. The number of amides is 1. The van der Waals surface area contributed by atoms with Crippen LogP contribution in [0, 0.1) is 20.8 Å². The number of carbonyl (C=O) groups excluding carboxylic acids is 1. The zero-order valence-corrected chi connectivity index (χ0v) is 15.4. The van der Waals surface area contributed by atoms with Crippen molar-refractivity contribution in [2.45, 2.75) is 53.0 Å². The molecule has 2 rings (SSSR count). The van der Waals surface area contributed by atoms with Gasteiger partial charge in [0.25, 0.3) is 5.91 Å². The largest absolute Gasteiger partial charge is 0.450 e. The number of nitrogens with two attached hydrogens (primary N) is 1. The summed E-state index contributed by atoms with van der Waals surface area (Å²) in [5.41, 5.74) is 9.73. The SMILES string of the molecule is CCC(N)(CC)CNC(=O)c1oc2c(C)ccc(C)c2c1C.Cl. The Morgan fingerprint density at radius 3 is 2.26 bits per heavy atom. The van der Waals surface area contributed by atoms with E-state index >= 15 is 0 Å². The molecule has 128 valence electrons. The first kappa shape index (κ1) is 19.5. The first-order valence-corrected chi connectivity index (χ1v) is 7.89. The Hall–Kier alpha value is -1.52. The number of carbonyl (C=O) groups is 1. The van der Waals surface area contributed by atoms with Crippen LogP contribution in [-0.4, -0.2) is 18.0 Å². The molecule has 1 amide bonds. The molecule has 0 saturated heterocycles. The Morgan fingerprint density at radius 2 is 1.74 bits per heavy atom. The lowest BCUT2D eigenvalue weighted by atomic mass is 9.94. The molecule has 4 nitrogen and oxygen atoms in total. The van der Waals surface area contributed by atoms with E-state index in [1.165, 1.54) is 0 Å². The van der Waals surface area contributed by atoms with Gasteiger partial charge in [-0.15, -0.1) is 12.4 Å². The number of furan rings is 1. The zero-order chi connectivity index (χ0) is 16.5. The smallest absolute Gasteiger partial charge is 0.287 e. The molecule has 0 spiro atoms. The molecule has 0 saturated carbocycles. The second-order valence-corrected chi connectivity index (χ2v) is 6.21. The van der Waals surface area contributed by atoms with Crippen molar-refractivity contribution in [1.82, 2.24) is 5.32 Å². The standard InChI is InChI=1S/C18H26N2O2.ClH/c1-6-18(19,7-2)10-20-17(21)16-13(5)14-11(3)8-9-12(4)15(14)22-16;/h8-9H,6-7,10,19H2,1-5H3,(H,20,21);1H. The van der Waals surface area contributed by atoms with Crippen molar-refractivity contribution in [3.63, 3.8) is 0 Å². The third kappa shape index (κ3) is 3.70. The summed E-state index contributed by atoms with van der Waals surface area (Å²) in [6, 6.07) is 4.07. The predicted octanol–water partition coefficient (Wildman–Crippen LogP) is 4.03. The quantitative estimate of drug-likeness (QED) is 0.864. The van der Waals surface area contributed by atoms with Crippen LogP contribution >= 0.6 is 12.4 Å². The molecule has 1 aromatic carbocycles. The second-order valence-electron chi connectivity index (χ2n) is 6.21. The summed E-state index contributed by atoms with van der Waals surface area (Å²) in [6.07, 6.45) is 1.64. The lowest BCUT2D eigenvalue weighted by Gasteiger charge is -2.26. The van der Waals surface area contributed by atoms with Crippen molar-refractivity contribution < 1.29 is 9.21 Å². The van der Waals surface area contributed by atoms with E-state index in [4.69, 9.17) is 10.2 Å². The average molecular weight is 339 g/mol. The molecule has 0 unspecified atom stereocenters. The van der Waals surface area contributed by atoms with Crippen molar-refractivity contribution >= 4 is 29.3 Å². The Balaban J connectivity index is 0.00000264. The van der Waals surface area contributed by atoms with Gasteiger partial charge in [-0.1, -0.05) is 26.0 Å². The van der Waals surface area contributed by atoms with E-state index in [9.17, 15) is 4.79 Å². The van der Waals surface area contributed by atoms with Crippen LogP contribution in [-0.2, 0) is 0 Å². The molecule has 0 aliphatic heterocycles. The summed E-state index contributed by atoms with van der Waals surface area (Å²) < 4.78 is 5.85. The van der Waals surface area contributed by atoms with Crippen LogP contribution in [0.1, 0.15) is 53.9 Å². The van der Waals surface area contributed by atoms with Gasteiger partial charge >= 0.3 is 0 Å². The molecule has 0 atom stereocenters. The lowest BCUT2D eigenvalue weighted by Crippen LogP contribution is -2.49. The summed E-state index contributed by atoms with van der Waals surface area (Å²) >= 11 is 0. The van der Waals surface area contributed by atoms with Crippen LogP contribution in [0.5, 0.6) is 0 Å². The van der Waals surface area contributed by atoms with Crippen LogP contribution in [0.3, 0.4) is 0 Å². The van der Waals surface area contributed by atoms with Gasteiger partial charge in [-0.05, 0) is 44.7 Å². The van der Waals surface area contributed by atoms with E-state index in [-0.39, 0.29) is 23.9 Å². The fourth-order valence-electron chi connectivity index (χ4n) is 2.73. The molecular weight excluding hydrogens is 312 g/mol. The summed E-state index contributed by atoms with van der Waals surface area (Å²) in [7, 11) is 0. The minimum atomic E-state index is -0.360. The van der Waals surface area contributed by atoms with E-state index in [2.05, 4.69) is 11.4 Å². The summed E-state index contributed by atoms with van der Waals surface area (Å²) in [4.78, 5) is 12.5. The highest BCUT2D eigenvalue weighted by atomic mass is 35.5. The molecule has 0 aliphatic rings. The number of fused-ring (bicyclic) bond motifs is 1. The maximum Gasteiger partial charge on any atom is 0.287 e. The molecule has 5 heteroatoms. The first-order valence-electron chi connectivity index (χ1n) is 7.89. The Labute approximate surface area is 144 Å². The molecule has 3 N–H and O–H groups in total. The van der Waals surface area contributed by atoms with Gasteiger partial charge in [-0.3, -0.25) is 4.79 Å². The molecule has 23 heavy (non-hydrogen) atoms. The van der Waals surface area contributed by atoms with Gasteiger partial charge in [0.15, 0.2) is 5.76 Å². The molecule has 1 aromatic heterocycles. The fourth-order valence-corrected chi connectivity index (χ4v) is 2.73. The number of aryl methyl sites for hydroxylation is 3. The summed E-state index contributed by atoms with van der Waals surface area (Å²) in [5.74, 6) is 0.200. The highest BCUT2D eigenvalue weighted by Gasteiger charge is 2.24. The van der Waals surface area contributed by atoms with Crippen molar-refractivity contribution in [3.8, 4) is 0 Å². The van der Waals surface area contributed by atoms with E-state index in [0.29, 0.717) is 12.3 Å². The maximum atomic E-state index is 12.5. The van der Waals surface area contributed by atoms with Gasteiger partial charge in [-0.25, -0.2) is 0 Å².